The predicted molar refractivity (Wildman–Crippen MR) is 78.1 cm³/mol. The van der Waals surface area contributed by atoms with Crippen molar-refractivity contribution < 1.29 is 9.84 Å². The first kappa shape index (κ1) is 13.6. The first-order chi connectivity index (χ1) is 9.06. The standard InChI is InChI=1S/C13H12Cl2N2O2/c14-11-5-9(6-12(15)13(11)18)17-7-19-10-3-1-8(16)2-4-10/h1-6,17-18H,7,16H2. The summed E-state index contributed by atoms with van der Waals surface area (Å²) in [5.74, 6) is 0.561. The Morgan fingerprint density at radius 2 is 1.68 bits per heavy atom. The third-order valence-electron chi connectivity index (χ3n) is 2.41. The highest BCUT2D eigenvalue weighted by Gasteiger charge is 2.06. The van der Waals surface area contributed by atoms with Crippen molar-refractivity contribution in [3.05, 3.63) is 46.4 Å². The number of nitrogens with two attached hydrogens (primary N) is 1. The van der Waals surface area contributed by atoms with E-state index in [1.807, 2.05) is 0 Å². The minimum atomic E-state index is -0.131. The lowest BCUT2D eigenvalue weighted by molar-refractivity contribution is 0.347. The molecule has 6 heteroatoms. The van der Waals surface area contributed by atoms with Crippen molar-refractivity contribution in [2.75, 3.05) is 17.8 Å². The lowest BCUT2D eigenvalue weighted by Crippen LogP contribution is -2.08. The van der Waals surface area contributed by atoms with Crippen LogP contribution >= 0.6 is 23.2 Å². The molecule has 19 heavy (non-hydrogen) atoms. The lowest BCUT2D eigenvalue weighted by atomic mass is 10.3. The Morgan fingerprint density at radius 1 is 1.11 bits per heavy atom. The van der Waals surface area contributed by atoms with Crippen LogP contribution in [-0.2, 0) is 0 Å². The van der Waals surface area contributed by atoms with Crippen LogP contribution in [0.1, 0.15) is 0 Å². The van der Waals surface area contributed by atoms with Gasteiger partial charge in [-0.2, -0.15) is 0 Å². The largest absolute Gasteiger partial charge is 0.505 e. The van der Waals surface area contributed by atoms with E-state index in [4.69, 9.17) is 33.7 Å². The van der Waals surface area contributed by atoms with E-state index in [0.717, 1.165) is 0 Å². The predicted octanol–water partition coefficient (Wildman–Crippen LogP) is 3.73. The van der Waals surface area contributed by atoms with Crippen LogP contribution in [-0.4, -0.2) is 11.8 Å². The van der Waals surface area contributed by atoms with Crippen molar-refractivity contribution in [1.82, 2.24) is 0 Å². The molecule has 0 aliphatic carbocycles. The van der Waals surface area contributed by atoms with E-state index < -0.39 is 0 Å². The van der Waals surface area contributed by atoms with Gasteiger partial charge in [-0.1, -0.05) is 23.2 Å². The summed E-state index contributed by atoms with van der Waals surface area (Å²) in [5.41, 5.74) is 6.90. The molecule has 0 aliphatic rings. The first-order valence-electron chi connectivity index (χ1n) is 5.46. The van der Waals surface area contributed by atoms with Gasteiger partial charge in [-0.15, -0.1) is 0 Å². The third-order valence-corrected chi connectivity index (χ3v) is 2.99. The van der Waals surface area contributed by atoms with Crippen molar-refractivity contribution >= 4 is 34.6 Å². The van der Waals surface area contributed by atoms with E-state index in [0.29, 0.717) is 17.1 Å². The number of phenolic OH excluding ortho intramolecular Hbond substituents is 1. The van der Waals surface area contributed by atoms with Gasteiger partial charge >= 0.3 is 0 Å². The summed E-state index contributed by atoms with van der Waals surface area (Å²) in [6.07, 6.45) is 0. The molecule has 4 nitrogen and oxygen atoms in total. The molecular formula is C13H12Cl2N2O2. The number of phenols is 1. The van der Waals surface area contributed by atoms with Crippen molar-refractivity contribution in [2.45, 2.75) is 0 Å². The zero-order valence-electron chi connectivity index (χ0n) is 9.86. The summed E-state index contributed by atoms with van der Waals surface area (Å²) in [6, 6.07) is 10.2. The van der Waals surface area contributed by atoms with E-state index in [2.05, 4.69) is 5.32 Å². The van der Waals surface area contributed by atoms with Gasteiger partial charge < -0.3 is 20.9 Å². The quantitative estimate of drug-likeness (QED) is 0.457. The number of hydrogen-bond acceptors (Lipinski definition) is 4. The number of rotatable bonds is 4. The fourth-order valence-electron chi connectivity index (χ4n) is 1.43. The van der Waals surface area contributed by atoms with Crippen molar-refractivity contribution in [3.8, 4) is 11.5 Å². The summed E-state index contributed by atoms with van der Waals surface area (Å²) in [5, 5.41) is 12.8. The number of ether oxygens (including phenoxy) is 1. The normalized spacial score (nSPS) is 10.2. The van der Waals surface area contributed by atoms with Gasteiger partial charge in [0.2, 0.25) is 0 Å². The van der Waals surface area contributed by atoms with Crippen LogP contribution in [0.4, 0.5) is 11.4 Å². The zero-order valence-corrected chi connectivity index (χ0v) is 11.4. The minimum Gasteiger partial charge on any atom is -0.505 e. The van der Waals surface area contributed by atoms with Crippen LogP contribution in [0.15, 0.2) is 36.4 Å². The van der Waals surface area contributed by atoms with Gasteiger partial charge in [0.05, 0.1) is 10.0 Å². The molecule has 2 aromatic carbocycles. The molecule has 0 unspecified atom stereocenters. The Hall–Kier alpha value is -1.78. The van der Waals surface area contributed by atoms with Crippen LogP contribution < -0.4 is 15.8 Å². The van der Waals surface area contributed by atoms with Gasteiger partial charge in [-0.25, -0.2) is 0 Å². The average Bonchev–Trinajstić information content (AvgIpc) is 2.38. The monoisotopic (exact) mass is 298 g/mol. The molecule has 0 aromatic heterocycles. The summed E-state index contributed by atoms with van der Waals surface area (Å²) in [7, 11) is 0. The fraction of sp³-hybridized carbons (Fsp3) is 0.0769. The number of nitrogen functional groups attached to an aromatic ring is 1. The fourth-order valence-corrected chi connectivity index (χ4v) is 1.92. The van der Waals surface area contributed by atoms with E-state index >= 15 is 0 Å². The number of halogens is 2. The van der Waals surface area contributed by atoms with Crippen molar-refractivity contribution in [2.24, 2.45) is 0 Å². The van der Waals surface area contributed by atoms with Crippen LogP contribution in [0.25, 0.3) is 0 Å². The number of aromatic hydroxyl groups is 1. The number of hydrogen-bond donors (Lipinski definition) is 3. The second-order valence-electron chi connectivity index (χ2n) is 3.82. The Balaban J connectivity index is 1.94. The minimum absolute atomic E-state index is 0.131. The molecule has 0 fully saturated rings. The first-order valence-corrected chi connectivity index (χ1v) is 6.22. The zero-order chi connectivity index (χ0) is 13.8. The number of benzene rings is 2. The average molecular weight is 299 g/mol. The molecule has 0 radical (unpaired) electrons. The Labute approximate surface area is 120 Å². The molecule has 0 atom stereocenters. The van der Waals surface area contributed by atoms with Crippen LogP contribution in [0.2, 0.25) is 10.0 Å². The van der Waals surface area contributed by atoms with E-state index in [9.17, 15) is 5.11 Å². The Morgan fingerprint density at radius 3 is 2.26 bits per heavy atom. The molecule has 0 saturated carbocycles. The van der Waals surface area contributed by atoms with E-state index in [-0.39, 0.29) is 22.5 Å². The second-order valence-corrected chi connectivity index (χ2v) is 4.64. The van der Waals surface area contributed by atoms with Crippen molar-refractivity contribution in [1.29, 1.82) is 0 Å². The molecule has 0 bridgehead atoms. The summed E-state index contributed by atoms with van der Waals surface area (Å²) >= 11 is 11.6. The van der Waals surface area contributed by atoms with E-state index in [1.54, 1.807) is 36.4 Å². The molecular weight excluding hydrogens is 287 g/mol. The molecule has 2 aromatic rings. The number of nitrogens with one attached hydrogen (secondary N) is 1. The maximum absolute atomic E-state index is 9.43. The molecule has 0 aliphatic heterocycles. The van der Waals surface area contributed by atoms with Crippen molar-refractivity contribution in [3.63, 3.8) is 0 Å². The van der Waals surface area contributed by atoms with Gasteiger partial charge in [0.25, 0.3) is 0 Å². The van der Waals surface area contributed by atoms with Gasteiger partial charge in [0.15, 0.2) is 12.5 Å². The molecule has 0 amide bonds. The highest BCUT2D eigenvalue weighted by Crippen LogP contribution is 2.34. The lowest BCUT2D eigenvalue weighted by Gasteiger charge is -2.10. The SMILES string of the molecule is Nc1ccc(OCNc2cc(Cl)c(O)c(Cl)c2)cc1. The molecule has 0 spiro atoms. The smallest absolute Gasteiger partial charge is 0.159 e. The number of anilines is 2. The van der Waals surface area contributed by atoms with Gasteiger partial charge in [-0.3, -0.25) is 0 Å². The van der Waals surface area contributed by atoms with Crippen LogP contribution in [0, 0.1) is 0 Å². The summed E-state index contributed by atoms with van der Waals surface area (Å²) < 4.78 is 5.46. The van der Waals surface area contributed by atoms with Gasteiger partial charge in [0.1, 0.15) is 5.75 Å². The summed E-state index contributed by atoms with van der Waals surface area (Å²) in [6.45, 7) is 0.237. The maximum Gasteiger partial charge on any atom is 0.159 e. The van der Waals surface area contributed by atoms with Gasteiger partial charge in [0, 0.05) is 11.4 Å². The Bertz CT molecular complexity index is 550. The molecule has 0 saturated heterocycles. The highest BCUT2D eigenvalue weighted by atomic mass is 35.5. The van der Waals surface area contributed by atoms with Crippen LogP contribution in [0.5, 0.6) is 11.5 Å². The highest BCUT2D eigenvalue weighted by molar-refractivity contribution is 6.37. The molecule has 0 heterocycles. The topological polar surface area (TPSA) is 67.5 Å². The third kappa shape index (κ3) is 3.59. The van der Waals surface area contributed by atoms with Crippen LogP contribution in [0.3, 0.4) is 0 Å². The maximum atomic E-state index is 9.43. The summed E-state index contributed by atoms with van der Waals surface area (Å²) in [4.78, 5) is 0. The Kier molecular flexibility index (Phi) is 4.24. The van der Waals surface area contributed by atoms with E-state index in [1.165, 1.54) is 0 Å². The second kappa shape index (κ2) is 5.91. The molecule has 100 valence electrons. The van der Waals surface area contributed by atoms with Gasteiger partial charge in [-0.05, 0) is 36.4 Å². The molecule has 4 N–H and O–H groups in total. The molecule has 2 rings (SSSR count).